The minimum absolute atomic E-state index is 0.606. The molecular weight excluding hydrogens is 241 g/mol. The molecule has 90 valence electrons. The molecule has 1 aliphatic carbocycles. The van der Waals surface area contributed by atoms with Crippen molar-refractivity contribution in [3.63, 3.8) is 0 Å². The first kappa shape index (κ1) is 13.8. The lowest BCUT2D eigenvalue weighted by atomic mass is 10.4. The highest BCUT2D eigenvalue weighted by molar-refractivity contribution is 6.41. The summed E-state index contributed by atoms with van der Waals surface area (Å²) >= 11 is 11.2. The third kappa shape index (κ3) is 4.32. The molecule has 1 saturated carbocycles. The Morgan fingerprint density at radius 2 is 1.44 bits per heavy atom. The molecule has 1 N–H and O–H groups in total. The normalized spacial score (nSPS) is 24.5. The number of benzene rings is 1. The number of hydrogen-bond acceptors (Lipinski definition) is 1. The van der Waals surface area contributed by atoms with E-state index in [1.807, 2.05) is 26.0 Å². The van der Waals surface area contributed by atoms with Gasteiger partial charge in [0.1, 0.15) is 0 Å². The number of hydrogen-bond donors (Lipinski definition) is 1. The molecule has 2 aliphatic rings. The number of rotatable bonds is 0. The average molecular weight is 260 g/mol. The molecule has 3 heteroatoms. The van der Waals surface area contributed by atoms with Crippen LogP contribution in [0.1, 0.15) is 20.3 Å². The zero-order valence-corrected chi connectivity index (χ0v) is 11.4. The number of halogens is 2. The van der Waals surface area contributed by atoms with Crippen molar-refractivity contribution in [1.82, 2.24) is 5.32 Å². The molecule has 1 aromatic rings. The van der Waals surface area contributed by atoms with E-state index in [9.17, 15) is 0 Å². The van der Waals surface area contributed by atoms with Gasteiger partial charge in [0.15, 0.2) is 0 Å². The van der Waals surface area contributed by atoms with Crippen LogP contribution < -0.4 is 5.32 Å². The van der Waals surface area contributed by atoms with Gasteiger partial charge in [0, 0.05) is 0 Å². The van der Waals surface area contributed by atoms with Gasteiger partial charge in [-0.15, -0.1) is 0 Å². The summed E-state index contributed by atoms with van der Waals surface area (Å²) in [6.45, 7) is 6.62. The Morgan fingerprint density at radius 1 is 1.00 bits per heavy atom. The molecule has 1 aliphatic heterocycles. The van der Waals surface area contributed by atoms with Crippen LogP contribution >= 0.6 is 23.2 Å². The average Bonchev–Trinajstić information content (AvgIpc) is 2.94. The molecule has 1 saturated heterocycles. The van der Waals surface area contributed by atoms with E-state index in [4.69, 9.17) is 23.2 Å². The SMILES string of the molecule is C1NCC2CC12.CC.Clc1ccccc1Cl. The summed E-state index contributed by atoms with van der Waals surface area (Å²) < 4.78 is 0. The van der Waals surface area contributed by atoms with Gasteiger partial charge >= 0.3 is 0 Å². The fourth-order valence-corrected chi connectivity index (χ4v) is 1.98. The van der Waals surface area contributed by atoms with Crippen LogP contribution in [-0.2, 0) is 0 Å². The van der Waals surface area contributed by atoms with Crippen molar-refractivity contribution < 1.29 is 0 Å². The Balaban J connectivity index is 0.000000142. The van der Waals surface area contributed by atoms with Crippen molar-refractivity contribution in [2.45, 2.75) is 20.3 Å². The lowest BCUT2D eigenvalue weighted by Crippen LogP contribution is -2.10. The quantitative estimate of drug-likeness (QED) is 0.735. The maximum absolute atomic E-state index is 5.58. The Bertz CT molecular complexity index is 286. The second-order valence-electron chi connectivity index (χ2n) is 3.83. The van der Waals surface area contributed by atoms with Gasteiger partial charge in [0.2, 0.25) is 0 Å². The molecule has 0 bridgehead atoms. The first-order valence-corrected chi connectivity index (χ1v) is 6.63. The first-order valence-electron chi connectivity index (χ1n) is 5.88. The minimum atomic E-state index is 0.606. The fourth-order valence-electron chi connectivity index (χ4n) is 1.70. The van der Waals surface area contributed by atoms with E-state index in [1.54, 1.807) is 12.1 Å². The van der Waals surface area contributed by atoms with Crippen molar-refractivity contribution in [1.29, 1.82) is 0 Å². The maximum Gasteiger partial charge on any atom is 0.0592 e. The van der Waals surface area contributed by atoms with Gasteiger partial charge in [-0.25, -0.2) is 0 Å². The van der Waals surface area contributed by atoms with Crippen molar-refractivity contribution >= 4 is 23.2 Å². The molecular formula is C13H19Cl2N. The van der Waals surface area contributed by atoms with E-state index in [0.717, 1.165) is 11.8 Å². The van der Waals surface area contributed by atoms with Crippen LogP contribution in [0.2, 0.25) is 10.0 Å². The summed E-state index contributed by atoms with van der Waals surface area (Å²) in [6, 6.07) is 7.19. The van der Waals surface area contributed by atoms with Gasteiger partial charge in [-0.2, -0.15) is 0 Å². The van der Waals surface area contributed by atoms with Crippen LogP contribution in [-0.4, -0.2) is 13.1 Å². The van der Waals surface area contributed by atoms with Crippen LogP contribution in [0.15, 0.2) is 24.3 Å². The largest absolute Gasteiger partial charge is 0.316 e. The zero-order valence-electron chi connectivity index (χ0n) is 9.84. The molecule has 1 heterocycles. The van der Waals surface area contributed by atoms with Gasteiger partial charge in [-0.05, 0) is 43.5 Å². The van der Waals surface area contributed by atoms with Gasteiger partial charge in [0.05, 0.1) is 10.0 Å². The molecule has 2 atom stereocenters. The molecule has 0 spiro atoms. The Kier molecular flexibility index (Phi) is 6.18. The van der Waals surface area contributed by atoms with Crippen molar-refractivity contribution in [3.8, 4) is 0 Å². The molecule has 16 heavy (non-hydrogen) atoms. The smallest absolute Gasteiger partial charge is 0.0592 e. The van der Waals surface area contributed by atoms with Crippen LogP contribution in [0.25, 0.3) is 0 Å². The molecule has 0 amide bonds. The fraction of sp³-hybridized carbons (Fsp3) is 0.538. The van der Waals surface area contributed by atoms with Crippen molar-refractivity contribution in [3.05, 3.63) is 34.3 Å². The van der Waals surface area contributed by atoms with Crippen molar-refractivity contribution in [2.24, 2.45) is 11.8 Å². The topological polar surface area (TPSA) is 12.0 Å². The molecule has 2 unspecified atom stereocenters. The summed E-state index contributed by atoms with van der Waals surface area (Å²) in [4.78, 5) is 0. The van der Waals surface area contributed by atoms with E-state index in [1.165, 1.54) is 19.5 Å². The van der Waals surface area contributed by atoms with Gasteiger partial charge < -0.3 is 5.32 Å². The molecule has 2 fully saturated rings. The number of fused-ring (bicyclic) bond motifs is 1. The standard InChI is InChI=1S/C6H4Cl2.C5H9N.C2H6/c7-5-3-1-2-4-6(5)8;1-4-2-6-3-5(1)4;1-2/h1-4H;4-6H,1-3H2;1-2H3. The Hall–Kier alpha value is -0.240. The Morgan fingerprint density at radius 3 is 1.62 bits per heavy atom. The maximum atomic E-state index is 5.58. The molecule has 0 radical (unpaired) electrons. The second-order valence-corrected chi connectivity index (χ2v) is 4.64. The lowest BCUT2D eigenvalue weighted by Gasteiger charge is -1.88. The molecule has 0 aromatic heterocycles. The van der Waals surface area contributed by atoms with Gasteiger partial charge in [0.25, 0.3) is 0 Å². The summed E-state index contributed by atoms with van der Waals surface area (Å²) in [5.74, 6) is 2.20. The highest BCUT2D eigenvalue weighted by Gasteiger charge is 2.40. The minimum Gasteiger partial charge on any atom is -0.316 e. The summed E-state index contributed by atoms with van der Waals surface area (Å²) in [7, 11) is 0. The van der Waals surface area contributed by atoms with E-state index < -0.39 is 0 Å². The lowest BCUT2D eigenvalue weighted by molar-refractivity contribution is 0.732. The van der Waals surface area contributed by atoms with Crippen LogP contribution in [0.3, 0.4) is 0 Å². The molecule has 1 aromatic carbocycles. The van der Waals surface area contributed by atoms with E-state index >= 15 is 0 Å². The number of nitrogens with one attached hydrogen (secondary N) is 1. The molecule has 3 rings (SSSR count). The highest BCUT2D eigenvalue weighted by Crippen LogP contribution is 2.40. The van der Waals surface area contributed by atoms with Crippen LogP contribution in [0.5, 0.6) is 0 Å². The van der Waals surface area contributed by atoms with E-state index in [0.29, 0.717) is 10.0 Å². The predicted molar refractivity (Wildman–Crippen MR) is 72.3 cm³/mol. The van der Waals surface area contributed by atoms with E-state index in [2.05, 4.69) is 5.32 Å². The Labute approximate surface area is 108 Å². The monoisotopic (exact) mass is 259 g/mol. The van der Waals surface area contributed by atoms with Crippen molar-refractivity contribution in [2.75, 3.05) is 13.1 Å². The third-order valence-electron chi connectivity index (χ3n) is 2.71. The first-order chi connectivity index (χ1) is 7.77. The third-order valence-corrected chi connectivity index (χ3v) is 3.46. The summed E-state index contributed by atoms with van der Waals surface area (Å²) in [6.07, 6.45) is 1.52. The van der Waals surface area contributed by atoms with Crippen LogP contribution in [0, 0.1) is 11.8 Å². The predicted octanol–water partition coefficient (Wildman–Crippen LogP) is 4.25. The zero-order chi connectivity index (χ0) is 12.0. The summed E-state index contributed by atoms with van der Waals surface area (Å²) in [5, 5.41) is 4.53. The number of piperidine rings is 1. The second kappa shape index (κ2) is 7.16. The highest BCUT2D eigenvalue weighted by atomic mass is 35.5. The van der Waals surface area contributed by atoms with Crippen LogP contribution in [0.4, 0.5) is 0 Å². The van der Waals surface area contributed by atoms with Gasteiger partial charge in [-0.1, -0.05) is 49.2 Å². The summed E-state index contributed by atoms with van der Waals surface area (Å²) in [5.41, 5.74) is 0. The molecule has 1 nitrogen and oxygen atoms in total. The van der Waals surface area contributed by atoms with E-state index in [-0.39, 0.29) is 0 Å². The van der Waals surface area contributed by atoms with Gasteiger partial charge in [-0.3, -0.25) is 0 Å².